The molecule has 5 nitrogen and oxygen atoms in total. The summed E-state index contributed by atoms with van der Waals surface area (Å²) in [6, 6.07) is 6.13. The minimum absolute atomic E-state index is 0.0816. The Morgan fingerprint density at radius 2 is 2.05 bits per heavy atom. The number of halogens is 1. The average Bonchev–Trinajstić information content (AvgIpc) is 2.97. The van der Waals surface area contributed by atoms with Crippen molar-refractivity contribution >= 4 is 22.4 Å². The Bertz CT molecular complexity index is 638. The van der Waals surface area contributed by atoms with Crippen LogP contribution in [0, 0.1) is 5.82 Å². The van der Waals surface area contributed by atoms with E-state index in [0.717, 1.165) is 24.3 Å². The molecular weight excluding hydrogens is 305 g/mol. The summed E-state index contributed by atoms with van der Waals surface area (Å²) in [5.74, 6) is -0.361. The predicted molar refractivity (Wildman–Crippen MR) is 83.4 cm³/mol. The Morgan fingerprint density at radius 3 is 2.77 bits per heavy atom. The number of thiazole rings is 1. The maximum atomic E-state index is 12.9. The standard InChI is InChI=1S/C15H16FN3O2S/c16-12-3-1-11(2-4-12)13-10-22-15(17-13)18-14(20)9-19-5-7-21-8-6-19/h1-4,10H,5-9H2,(H,17,18,20). The van der Waals surface area contributed by atoms with E-state index in [9.17, 15) is 9.18 Å². The van der Waals surface area contributed by atoms with Gasteiger partial charge in [0, 0.05) is 24.0 Å². The molecule has 2 aromatic rings. The molecule has 0 spiro atoms. The van der Waals surface area contributed by atoms with E-state index in [-0.39, 0.29) is 11.7 Å². The third-order valence-electron chi connectivity index (χ3n) is 3.36. The molecule has 0 radical (unpaired) electrons. The van der Waals surface area contributed by atoms with Crippen LogP contribution >= 0.6 is 11.3 Å². The van der Waals surface area contributed by atoms with Gasteiger partial charge >= 0.3 is 0 Å². The lowest BCUT2D eigenvalue weighted by Gasteiger charge is -2.25. The zero-order valence-corrected chi connectivity index (χ0v) is 12.7. The molecule has 1 aromatic heterocycles. The summed E-state index contributed by atoms with van der Waals surface area (Å²) in [4.78, 5) is 18.4. The number of hydrogen-bond acceptors (Lipinski definition) is 5. The lowest BCUT2D eigenvalue weighted by molar-refractivity contribution is -0.118. The number of benzene rings is 1. The van der Waals surface area contributed by atoms with Crippen molar-refractivity contribution in [1.82, 2.24) is 9.88 Å². The van der Waals surface area contributed by atoms with Gasteiger partial charge in [0.25, 0.3) is 0 Å². The van der Waals surface area contributed by atoms with Crippen molar-refractivity contribution in [3.05, 3.63) is 35.5 Å². The number of nitrogens with one attached hydrogen (secondary N) is 1. The summed E-state index contributed by atoms with van der Waals surface area (Å²) in [6.45, 7) is 3.21. The van der Waals surface area contributed by atoms with Crippen LogP contribution in [0.4, 0.5) is 9.52 Å². The Kier molecular flexibility index (Phi) is 4.77. The minimum Gasteiger partial charge on any atom is -0.379 e. The van der Waals surface area contributed by atoms with E-state index < -0.39 is 0 Å². The van der Waals surface area contributed by atoms with E-state index in [1.54, 1.807) is 12.1 Å². The first-order valence-corrected chi connectivity index (χ1v) is 7.90. The van der Waals surface area contributed by atoms with Crippen molar-refractivity contribution in [2.24, 2.45) is 0 Å². The molecule has 116 valence electrons. The molecule has 1 saturated heterocycles. The van der Waals surface area contributed by atoms with Gasteiger partial charge in [-0.15, -0.1) is 11.3 Å². The smallest absolute Gasteiger partial charge is 0.240 e. The number of rotatable bonds is 4. The van der Waals surface area contributed by atoms with Gasteiger partial charge in [0.15, 0.2) is 5.13 Å². The minimum atomic E-state index is -0.280. The molecular formula is C15H16FN3O2S. The van der Waals surface area contributed by atoms with E-state index in [1.165, 1.54) is 23.5 Å². The summed E-state index contributed by atoms with van der Waals surface area (Å²) in [7, 11) is 0. The van der Waals surface area contributed by atoms with Gasteiger partial charge in [-0.2, -0.15) is 0 Å². The third-order valence-corrected chi connectivity index (χ3v) is 4.12. The summed E-state index contributed by atoms with van der Waals surface area (Å²) in [5, 5.41) is 5.20. The number of ether oxygens (including phenoxy) is 1. The highest BCUT2D eigenvalue weighted by Crippen LogP contribution is 2.24. The second-order valence-electron chi connectivity index (χ2n) is 4.98. The number of anilines is 1. The van der Waals surface area contributed by atoms with Gasteiger partial charge in [0.05, 0.1) is 25.5 Å². The predicted octanol–water partition coefficient (Wildman–Crippen LogP) is 2.22. The van der Waals surface area contributed by atoms with Gasteiger partial charge in [-0.05, 0) is 24.3 Å². The molecule has 1 fully saturated rings. The number of carbonyl (C=O) groups is 1. The molecule has 1 aromatic carbocycles. The molecule has 1 N–H and O–H groups in total. The third kappa shape index (κ3) is 3.88. The van der Waals surface area contributed by atoms with E-state index >= 15 is 0 Å². The second kappa shape index (κ2) is 6.95. The second-order valence-corrected chi connectivity index (χ2v) is 5.84. The van der Waals surface area contributed by atoms with Crippen molar-refractivity contribution < 1.29 is 13.9 Å². The number of carbonyl (C=O) groups excluding carboxylic acids is 1. The van der Waals surface area contributed by atoms with Crippen molar-refractivity contribution in [2.75, 3.05) is 38.2 Å². The van der Waals surface area contributed by atoms with Gasteiger partial charge in [-0.1, -0.05) is 0 Å². The molecule has 22 heavy (non-hydrogen) atoms. The maximum absolute atomic E-state index is 12.9. The van der Waals surface area contributed by atoms with Gasteiger partial charge in [-0.25, -0.2) is 9.37 Å². The Hall–Kier alpha value is -1.83. The number of morpholine rings is 1. The van der Waals surface area contributed by atoms with Crippen LogP contribution in [0.2, 0.25) is 0 Å². The SMILES string of the molecule is O=C(CN1CCOCC1)Nc1nc(-c2ccc(F)cc2)cs1. The van der Waals surface area contributed by atoms with Crippen molar-refractivity contribution in [3.63, 3.8) is 0 Å². The van der Waals surface area contributed by atoms with Gasteiger partial charge in [0.1, 0.15) is 5.82 Å². The molecule has 0 atom stereocenters. The van der Waals surface area contributed by atoms with Crippen molar-refractivity contribution in [3.8, 4) is 11.3 Å². The van der Waals surface area contributed by atoms with Gasteiger partial charge in [-0.3, -0.25) is 9.69 Å². The number of aromatic nitrogens is 1. The molecule has 1 aliphatic rings. The lowest BCUT2D eigenvalue weighted by Crippen LogP contribution is -2.41. The molecule has 0 aliphatic carbocycles. The molecule has 1 amide bonds. The molecule has 0 unspecified atom stereocenters. The average molecular weight is 321 g/mol. The maximum Gasteiger partial charge on any atom is 0.240 e. The fraction of sp³-hybridized carbons (Fsp3) is 0.333. The number of amides is 1. The first-order valence-electron chi connectivity index (χ1n) is 7.02. The first-order chi connectivity index (χ1) is 10.7. The highest BCUT2D eigenvalue weighted by Gasteiger charge is 2.15. The van der Waals surface area contributed by atoms with Crippen LogP contribution in [0.15, 0.2) is 29.6 Å². The highest BCUT2D eigenvalue weighted by molar-refractivity contribution is 7.14. The monoisotopic (exact) mass is 321 g/mol. The largest absolute Gasteiger partial charge is 0.379 e. The van der Waals surface area contributed by atoms with Crippen LogP contribution in [0.5, 0.6) is 0 Å². The van der Waals surface area contributed by atoms with Crippen LogP contribution in [-0.4, -0.2) is 48.6 Å². The summed E-state index contributed by atoms with van der Waals surface area (Å²) in [6.07, 6.45) is 0. The molecule has 7 heteroatoms. The topological polar surface area (TPSA) is 54.5 Å². The number of hydrogen-bond donors (Lipinski definition) is 1. The van der Waals surface area contributed by atoms with Gasteiger partial charge in [0.2, 0.25) is 5.91 Å². The zero-order valence-electron chi connectivity index (χ0n) is 11.9. The summed E-state index contributed by atoms with van der Waals surface area (Å²) in [5.41, 5.74) is 1.55. The number of nitrogens with zero attached hydrogens (tertiary/aromatic N) is 2. The zero-order chi connectivity index (χ0) is 15.4. The van der Waals surface area contributed by atoms with Crippen molar-refractivity contribution in [2.45, 2.75) is 0 Å². The quantitative estimate of drug-likeness (QED) is 0.938. The molecule has 2 heterocycles. The van der Waals surface area contributed by atoms with E-state index in [1.807, 2.05) is 10.3 Å². The van der Waals surface area contributed by atoms with E-state index in [4.69, 9.17) is 4.74 Å². The van der Waals surface area contributed by atoms with Crippen LogP contribution in [-0.2, 0) is 9.53 Å². The van der Waals surface area contributed by atoms with Crippen LogP contribution in [0.25, 0.3) is 11.3 Å². The van der Waals surface area contributed by atoms with Crippen LogP contribution in [0.1, 0.15) is 0 Å². The highest BCUT2D eigenvalue weighted by atomic mass is 32.1. The molecule has 0 bridgehead atoms. The summed E-state index contributed by atoms with van der Waals surface area (Å²) >= 11 is 1.36. The van der Waals surface area contributed by atoms with E-state index in [0.29, 0.717) is 24.9 Å². The molecule has 3 rings (SSSR count). The first kappa shape index (κ1) is 15.1. The van der Waals surface area contributed by atoms with Crippen LogP contribution in [0.3, 0.4) is 0 Å². The Morgan fingerprint density at radius 1 is 1.32 bits per heavy atom. The Labute approximate surface area is 131 Å². The fourth-order valence-electron chi connectivity index (χ4n) is 2.21. The van der Waals surface area contributed by atoms with Gasteiger partial charge < -0.3 is 10.1 Å². The lowest BCUT2D eigenvalue weighted by atomic mass is 10.2. The molecule has 1 aliphatic heterocycles. The Balaban J connectivity index is 1.59. The van der Waals surface area contributed by atoms with E-state index in [2.05, 4.69) is 10.3 Å². The normalized spacial score (nSPS) is 15.7. The molecule has 0 saturated carbocycles. The van der Waals surface area contributed by atoms with Crippen molar-refractivity contribution in [1.29, 1.82) is 0 Å². The van der Waals surface area contributed by atoms with Crippen LogP contribution < -0.4 is 5.32 Å². The summed E-state index contributed by atoms with van der Waals surface area (Å²) < 4.78 is 18.2. The fourth-order valence-corrected chi connectivity index (χ4v) is 2.94.